The summed E-state index contributed by atoms with van der Waals surface area (Å²) in [6.45, 7) is 8.51. The SMILES string of the molecule is C=C(N=C(N=C(C)c1ccccc1)c1cccc(C2=CCC(C)=Nc3c2ccc2cccnc32)c1)c1ccc(C2=CCCCC2)cc1. The molecule has 0 unspecified atom stereocenters. The molecular formula is C43H38N4. The summed E-state index contributed by atoms with van der Waals surface area (Å²) in [5.41, 5.74) is 13.4. The van der Waals surface area contributed by atoms with Crippen LogP contribution in [0.3, 0.4) is 0 Å². The van der Waals surface area contributed by atoms with Gasteiger partial charge in [0.05, 0.1) is 16.9 Å². The maximum Gasteiger partial charge on any atom is 0.160 e. The second-order valence-electron chi connectivity index (χ2n) is 12.3. The zero-order chi connectivity index (χ0) is 32.2. The summed E-state index contributed by atoms with van der Waals surface area (Å²) < 4.78 is 0. The average Bonchev–Trinajstić information content (AvgIpc) is 3.30. The van der Waals surface area contributed by atoms with E-state index >= 15 is 0 Å². The van der Waals surface area contributed by atoms with Gasteiger partial charge in [0.25, 0.3) is 0 Å². The van der Waals surface area contributed by atoms with Crippen LogP contribution in [0.4, 0.5) is 5.69 Å². The van der Waals surface area contributed by atoms with E-state index in [0.29, 0.717) is 11.5 Å². The van der Waals surface area contributed by atoms with Crippen molar-refractivity contribution in [3.05, 3.63) is 161 Å². The monoisotopic (exact) mass is 610 g/mol. The number of allylic oxidation sites excluding steroid dienone is 3. The van der Waals surface area contributed by atoms with E-state index in [4.69, 9.17) is 20.0 Å². The zero-order valence-corrected chi connectivity index (χ0v) is 27.1. The van der Waals surface area contributed by atoms with Gasteiger partial charge in [-0.1, -0.05) is 110 Å². The summed E-state index contributed by atoms with van der Waals surface area (Å²) >= 11 is 0. The van der Waals surface area contributed by atoms with Gasteiger partial charge in [-0.05, 0) is 85.1 Å². The van der Waals surface area contributed by atoms with Crippen LogP contribution in [0.2, 0.25) is 0 Å². The Balaban J connectivity index is 1.29. The Morgan fingerprint density at radius 2 is 1.57 bits per heavy atom. The predicted octanol–water partition coefficient (Wildman–Crippen LogP) is 11.0. The van der Waals surface area contributed by atoms with Gasteiger partial charge in [-0.25, -0.2) is 9.98 Å². The first-order chi connectivity index (χ1) is 23.0. The second-order valence-corrected chi connectivity index (χ2v) is 12.3. The standard InChI is InChI=1S/C43H38N4/c1-29-19-25-39(40-26-24-36-18-11-27-44-41(36)42(40)45-29)37-16-10-17-38(28-37)43(46-30(2)32-12-6-4-7-13-32)47-31(3)33-20-22-35(23-21-33)34-14-8-5-9-15-34/h4,6-7,10-14,16-18,20-28H,3,5,8-9,15,19H2,1-2H3. The van der Waals surface area contributed by atoms with Gasteiger partial charge in [0.2, 0.25) is 0 Å². The van der Waals surface area contributed by atoms with Crippen molar-refractivity contribution >= 4 is 50.7 Å². The van der Waals surface area contributed by atoms with E-state index in [0.717, 1.165) is 80.7 Å². The minimum absolute atomic E-state index is 0.624. The highest BCUT2D eigenvalue weighted by molar-refractivity contribution is 6.13. The number of aliphatic imine (C=N–C) groups is 3. The molecule has 0 atom stereocenters. The molecule has 4 heteroatoms. The Morgan fingerprint density at radius 3 is 2.38 bits per heavy atom. The minimum atomic E-state index is 0.624. The molecule has 2 heterocycles. The molecule has 1 aromatic heterocycles. The van der Waals surface area contributed by atoms with Crippen LogP contribution in [0.15, 0.2) is 143 Å². The molecule has 0 amide bonds. The third-order valence-corrected chi connectivity index (χ3v) is 8.96. The molecule has 5 aromatic rings. The van der Waals surface area contributed by atoms with Gasteiger partial charge in [-0.3, -0.25) is 9.98 Å². The number of fused-ring (bicyclic) bond motifs is 3. The summed E-state index contributed by atoms with van der Waals surface area (Å²) in [7, 11) is 0. The van der Waals surface area contributed by atoms with Crippen LogP contribution in [0.5, 0.6) is 0 Å². The van der Waals surface area contributed by atoms with Crippen molar-refractivity contribution in [2.45, 2.75) is 46.0 Å². The fourth-order valence-corrected chi connectivity index (χ4v) is 6.38. The quantitative estimate of drug-likeness (QED) is 0.139. The summed E-state index contributed by atoms with van der Waals surface area (Å²) in [4.78, 5) is 20.0. The second kappa shape index (κ2) is 13.5. The third kappa shape index (κ3) is 6.59. The van der Waals surface area contributed by atoms with Gasteiger partial charge in [0.1, 0.15) is 0 Å². The van der Waals surface area contributed by atoms with Crippen LogP contribution in [0.25, 0.3) is 27.7 Å². The molecule has 7 rings (SSSR count). The first kappa shape index (κ1) is 30.2. The Bertz CT molecular complexity index is 2130. The average molecular weight is 611 g/mol. The lowest BCUT2D eigenvalue weighted by atomic mass is 9.93. The fourth-order valence-electron chi connectivity index (χ4n) is 6.38. The van der Waals surface area contributed by atoms with Crippen LogP contribution in [0, 0.1) is 0 Å². The Labute approximate surface area is 277 Å². The number of aromatic nitrogens is 1. The van der Waals surface area contributed by atoms with Gasteiger partial charge in [-0.2, -0.15) is 0 Å². The maximum atomic E-state index is 5.12. The van der Waals surface area contributed by atoms with Crippen LogP contribution >= 0.6 is 0 Å². The van der Waals surface area contributed by atoms with E-state index in [1.165, 1.54) is 24.0 Å². The highest BCUT2D eigenvalue weighted by Crippen LogP contribution is 2.39. The van der Waals surface area contributed by atoms with Crippen molar-refractivity contribution < 1.29 is 0 Å². The Morgan fingerprint density at radius 1 is 0.745 bits per heavy atom. The molecule has 0 spiro atoms. The molecule has 1 aliphatic carbocycles. The Hall–Kier alpha value is -5.48. The molecule has 0 bridgehead atoms. The number of hydrogen-bond acceptors (Lipinski definition) is 3. The summed E-state index contributed by atoms with van der Waals surface area (Å²) in [5.74, 6) is 0.624. The van der Waals surface area contributed by atoms with E-state index < -0.39 is 0 Å². The summed E-state index contributed by atoms with van der Waals surface area (Å²) in [5, 5.41) is 1.08. The van der Waals surface area contributed by atoms with Crippen molar-refractivity contribution in [3.63, 3.8) is 0 Å². The van der Waals surface area contributed by atoms with E-state index in [2.05, 4.69) is 105 Å². The molecular weight excluding hydrogens is 573 g/mol. The molecule has 230 valence electrons. The number of rotatable bonds is 6. The van der Waals surface area contributed by atoms with Crippen molar-refractivity contribution in [1.82, 2.24) is 4.98 Å². The molecule has 0 N–H and O–H groups in total. The number of benzene rings is 4. The highest BCUT2D eigenvalue weighted by atomic mass is 14.9. The molecule has 0 saturated carbocycles. The normalized spacial score (nSPS) is 15.3. The summed E-state index contributed by atoms with van der Waals surface area (Å²) in [6, 6.07) is 35.8. The van der Waals surface area contributed by atoms with Crippen LogP contribution < -0.4 is 0 Å². The first-order valence-electron chi connectivity index (χ1n) is 16.4. The highest BCUT2D eigenvalue weighted by Gasteiger charge is 2.18. The zero-order valence-electron chi connectivity index (χ0n) is 27.1. The van der Waals surface area contributed by atoms with Crippen LogP contribution in [-0.2, 0) is 0 Å². The predicted molar refractivity (Wildman–Crippen MR) is 200 cm³/mol. The van der Waals surface area contributed by atoms with E-state index in [1.54, 1.807) is 0 Å². The van der Waals surface area contributed by atoms with Crippen molar-refractivity contribution in [2.75, 3.05) is 0 Å². The van der Waals surface area contributed by atoms with E-state index in [-0.39, 0.29) is 0 Å². The molecule has 0 saturated heterocycles. The topological polar surface area (TPSA) is 50.0 Å². The Kier molecular flexibility index (Phi) is 8.66. The largest absolute Gasteiger partial charge is 0.255 e. The van der Waals surface area contributed by atoms with E-state index in [9.17, 15) is 0 Å². The smallest absolute Gasteiger partial charge is 0.160 e. The lowest BCUT2D eigenvalue weighted by Crippen LogP contribution is -2.05. The van der Waals surface area contributed by atoms with Gasteiger partial charge < -0.3 is 0 Å². The van der Waals surface area contributed by atoms with Gasteiger partial charge >= 0.3 is 0 Å². The van der Waals surface area contributed by atoms with Gasteiger partial charge in [-0.15, -0.1) is 0 Å². The number of amidine groups is 1. The molecule has 2 aliphatic rings. The minimum Gasteiger partial charge on any atom is -0.255 e. The fraction of sp³-hybridized carbons (Fsp3) is 0.163. The molecule has 4 nitrogen and oxygen atoms in total. The molecule has 1 aliphatic heterocycles. The molecule has 4 aromatic carbocycles. The number of pyridine rings is 1. The van der Waals surface area contributed by atoms with Crippen molar-refractivity contribution in [2.24, 2.45) is 15.0 Å². The molecule has 0 fully saturated rings. The third-order valence-electron chi connectivity index (χ3n) is 8.96. The van der Waals surface area contributed by atoms with Crippen molar-refractivity contribution in [3.8, 4) is 0 Å². The number of nitrogens with zero attached hydrogens (tertiary/aromatic N) is 4. The van der Waals surface area contributed by atoms with Crippen LogP contribution in [0.1, 0.15) is 79.3 Å². The van der Waals surface area contributed by atoms with E-state index in [1.807, 2.05) is 37.4 Å². The maximum absolute atomic E-state index is 5.12. The number of hydrogen-bond donors (Lipinski definition) is 0. The summed E-state index contributed by atoms with van der Waals surface area (Å²) in [6.07, 6.45) is 12.1. The first-order valence-corrected chi connectivity index (χ1v) is 16.4. The molecule has 0 radical (unpaired) electrons. The van der Waals surface area contributed by atoms with Crippen molar-refractivity contribution in [1.29, 1.82) is 0 Å². The van der Waals surface area contributed by atoms with Gasteiger partial charge in [0.15, 0.2) is 5.84 Å². The van der Waals surface area contributed by atoms with Crippen LogP contribution in [-0.4, -0.2) is 22.2 Å². The lowest BCUT2D eigenvalue weighted by Gasteiger charge is -2.14. The lowest BCUT2D eigenvalue weighted by molar-refractivity contribution is 0.742. The molecule has 47 heavy (non-hydrogen) atoms. The van der Waals surface area contributed by atoms with Gasteiger partial charge in [0, 0.05) is 40.6 Å².